The van der Waals surface area contributed by atoms with Gasteiger partial charge < -0.3 is 4.74 Å². The van der Waals surface area contributed by atoms with Crippen molar-refractivity contribution in [2.45, 2.75) is 13.0 Å². The van der Waals surface area contributed by atoms with Gasteiger partial charge in [-0.05, 0) is 30.2 Å². The van der Waals surface area contributed by atoms with Crippen LogP contribution in [0.1, 0.15) is 11.1 Å². The number of hydrogen-bond donors (Lipinski definition) is 0. The second-order valence-electron chi connectivity index (χ2n) is 5.81. The van der Waals surface area contributed by atoms with Crippen LogP contribution < -0.4 is 4.74 Å². The monoisotopic (exact) mass is 382 g/mol. The molecule has 0 aliphatic carbocycles. The number of benzene rings is 3. The minimum absolute atomic E-state index is 0.0533. The molecule has 3 aromatic rings. The van der Waals surface area contributed by atoms with E-state index < -0.39 is 46.3 Å². The van der Waals surface area contributed by atoms with Crippen molar-refractivity contribution in [1.29, 1.82) is 0 Å². The van der Waals surface area contributed by atoms with E-state index in [1.807, 2.05) is 0 Å². The standard InChI is InChI=1S/C20H12F6O/c1-11-15(21)9-14(10-16(11)22)27-20(25,26)19-17(23)7-13(8-18(19)24)12-5-3-2-4-6-12/h2-10H,1H3. The Bertz CT molecular complexity index is 939. The van der Waals surface area contributed by atoms with E-state index in [-0.39, 0.29) is 5.56 Å². The van der Waals surface area contributed by atoms with Gasteiger partial charge in [-0.3, -0.25) is 0 Å². The average molecular weight is 382 g/mol. The van der Waals surface area contributed by atoms with Crippen LogP contribution in [0, 0.1) is 30.2 Å². The molecule has 0 radical (unpaired) electrons. The van der Waals surface area contributed by atoms with Crippen molar-refractivity contribution in [3.8, 4) is 16.9 Å². The molecule has 7 heteroatoms. The van der Waals surface area contributed by atoms with Crippen molar-refractivity contribution in [3.63, 3.8) is 0 Å². The van der Waals surface area contributed by atoms with Crippen LogP contribution in [-0.2, 0) is 6.11 Å². The lowest BCUT2D eigenvalue weighted by Crippen LogP contribution is -2.25. The van der Waals surface area contributed by atoms with Crippen LogP contribution in [0.25, 0.3) is 11.1 Å². The van der Waals surface area contributed by atoms with Gasteiger partial charge in [0.25, 0.3) is 0 Å². The molecule has 0 spiro atoms. The van der Waals surface area contributed by atoms with Gasteiger partial charge in [-0.25, -0.2) is 17.6 Å². The van der Waals surface area contributed by atoms with Gasteiger partial charge in [0.2, 0.25) is 0 Å². The molecule has 0 atom stereocenters. The Hall–Kier alpha value is -2.96. The summed E-state index contributed by atoms with van der Waals surface area (Å²) in [6.45, 7) is 1.11. The number of halogens is 6. The van der Waals surface area contributed by atoms with Gasteiger partial charge in [0, 0.05) is 17.7 Å². The predicted octanol–water partition coefficient (Wildman–Crippen LogP) is 6.35. The van der Waals surface area contributed by atoms with Crippen molar-refractivity contribution >= 4 is 0 Å². The zero-order chi connectivity index (χ0) is 19.8. The molecule has 0 bridgehead atoms. The summed E-state index contributed by atoms with van der Waals surface area (Å²) in [4.78, 5) is 0. The molecule has 0 N–H and O–H groups in total. The third-order valence-corrected chi connectivity index (χ3v) is 3.94. The van der Waals surface area contributed by atoms with Gasteiger partial charge in [0.05, 0.1) is 0 Å². The van der Waals surface area contributed by atoms with E-state index in [9.17, 15) is 26.3 Å². The van der Waals surface area contributed by atoms with Crippen LogP contribution in [-0.4, -0.2) is 0 Å². The molecule has 0 aliphatic heterocycles. The zero-order valence-corrected chi connectivity index (χ0v) is 13.9. The Morgan fingerprint density at radius 3 is 1.74 bits per heavy atom. The minimum atomic E-state index is -4.49. The van der Waals surface area contributed by atoms with Crippen LogP contribution in [0.2, 0.25) is 0 Å². The SMILES string of the molecule is Cc1c(F)cc(OC(F)(F)c2c(F)cc(-c3ccccc3)cc2F)cc1F. The summed E-state index contributed by atoms with van der Waals surface area (Å²) in [6.07, 6.45) is -4.49. The van der Waals surface area contributed by atoms with Crippen molar-refractivity contribution in [3.05, 3.63) is 89.0 Å². The fraction of sp³-hybridized carbons (Fsp3) is 0.100. The third-order valence-electron chi connectivity index (χ3n) is 3.94. The lowest BCUT2D eigenvalue weighted by atomic mass is 10.0. The molecule has 3 aromatic carbocycles. The highest BCUT2D eigenvalue weighted by molar-refractivity contribution is 5.64. The van der Waals surface area contributed by atoms with Crippen LogP contribution in [0.5, 0.6) is 5.75 Å². The molecule has 140 valence electrons. The highest BCUT2D eigenvalue weighted by Crippen LogP contribution is 2.37. The van der Waals surface area contributed by atoms with E-state index in [0.717, 1.165) is 19.1 Å². The molecule has 0 saturated carbocycles. The first kappa shape index (κ1) is 18.8. The quantitative estimate of drug-likeness (QED) is 0.478. The van der Waals surface area contributed by atoms with Crippen LogP contribution in [0.4, 0.5) is 26.3 Å². The fourth-order valence-electron chi connectivity index (χ4n) is 2.53. The van der Waals surface area contributed by atoms with E-state index in [2.05, 4.69) is 4.74 Å². The highest BCUT2D eigenvalue weighted by atomic mass is 19.3. The molecule has 1 nitrogen and oxygen atoms in total. The second-order valence-corrected chi connectivity index (χ2v) is 5.81. The summed E-state index contributed by atoms with van der Waals surface area (Å²) in [6, 6.07) is 10.5. The maximum atomic E-state index is 14.3. The maximum absolute atomic E-state index is 14.3. The average Bonchev–Trinajstić information content (AvgIpc) is 2.59. The smallest absolute Gasteiger partial charge is 0.429 e. The van der Waals surface area contributed by atoms with Gasteiger partial charge in [-0.15, -0.1) is 0 Å². The molecule has 3 rings (SSSR count). The first-order chi connectivity index (χ1) is 12.7. The lowest BCUT2D eigenvalue weighted by molar-refractivity contribution is -0.189. The van der Waals surface area contributed by atoms with E-state index in [1.54, 1.807) is 30.3 Å². The van der Waals surface area contributed by atoms with Crippen LogP contribution in [0.3, 0.4) is 0 Å². The van der Waals surface area contributed by atoms with Gasteiger partial charge in [0.1, 0.15) is 34.6 Å². The number of hydrogen-bond acceptors (Lipinski definition) is 1. The van der Waals surface area contributed by atoms with Crippen molar-refractivity contribution in [2.24, 2.45) is 0 Å². The Morgan fingerprint density at radius 2 is 1.22 bits per heavy atom. The van der Waals surface area contributed by atoms with Gasteiger partial charge in [-0.1, -0.05) is 30.3 Å². The predicted molar refractivity (Wildman–Crippen MR) is 87.4 cm³/mol. The summed E-state index contributed by atoms with van der Waals surface area (Å²) in [5.41, 5.74) is -1.56. The summed E-state index contributed by atoms with van der Waals surface area (Å²) in [5, 5.41) is 0. The van der Waals surface area contributed by atoms with E-state index in [0.29, 0.717) is 17.7 Å². The van der Waals surface area contributed by atoms with Crippen LogP contribution in [0.15, 0.2) is 54.6 Å². The van der Waals surface area contributed by atoms with Crippen molar-refractivity contribution < 1.29 is 31.1 Å². The Labute approximate surface area is 150 Å². The normalized spacial score (nSPS) is 11.5. The molecule has 0 fully saturated rings. The molecule has 0 aliphatic rings. The number of ether oxygens (including phenoxy) is 1. The first-order valence-electron chi connectivity index (χ1n) is 7.76. The fourth-order valence-corrected chi connectivity index (χ4v) is 2.53. The molecule has 0 aromatic heterocycles. The summed E-state index contributed by atoms with van der Waals surface area (Å²) < 4.78 is 88.4. The maximum Gasteiger partial charge on any atom is 0.432 e. The molecule has 0 saturated heterocycles. The van der Waals surface area contributed by atoms with E-state index in [1.165, 1.54) is 0 Å². The minimum Gasteiger partial charge on any atom is -0.429 e. The van der Waals surface area contributed by atoms with Gasteiger partial charge in [-0.2, -0.15) is 8.78 Å². The summed E-state index contributed by atoms with van der Waals surface area (Å²) in [7, 11) is 0. The number of alkyl halides is 2. The largest absolute Gasteiger partial charge is 0.432 e. The zero-order valence-electron chi connectivity index (χ0n) is 13.9. The van der Waals surface area contributed by atoms with Crippen molar-refractivity contribution in [2.75, 3.05) is 0 Å². The van der Waals surface area contributed by atoms with Crippen LogP contribution >= 0.6 is 0 Å². The third kappa shape index (κ3) is 3.77. The number of rotatable bonds is 4. The lowest BCUT2D eigenvalue weighted by Gasteiger charge is -2.20. The highest BCUT2D eigenvalue weighted by Gasteiger charge is 2.41. The van der Waals surface area contributed by atoms with Gasteiger partial charge >= 0.3 is 6.11 Å². The molecule has 0 heterocycles. The molecule has 27 heavy (non-hydrogen) atoms. The topological polar surface area (TPSA) is 9.23 Å². The molecule has 0 amide bonds. The molecular formula is C20H12F6O. The Kier molecular flexibility index (Phi) is 4.87. The Morgan fingerprint density at radius 1 is 0.704 bits per heavy atom. The second kappa shape index (κ2) is 6.98. The molecular weight excluding hydrogens is 370 g/mol. The molecule has 0 unspecified atom stereocenters. The Balaban J connectivity index is 1.99. The van der Waals surface area contributed by atoms with E-state index >= 15 is 0 Å². The van der Waals surface area contributed by atoms with Gasteiger partial charge in [0.15, 0.2) is 0 Å². The van der Waals surface area contributed by atoms with E-state index in [4.69, 9.17) is 0 Å². The van der Waals surface area contributed by atoms with Crippen molar-refractivity contribution in [1.82, 2.24) is 0 Å². The summed E-state index contributed by atoms with van der Waals surface area (Å²) >= 11 is 0. The first-order valence-corrected chi connectivity index (χ1v) is 7.76. The summed E-state index contributed by atoms with van der Waals surface area (Å²) in [5.74, 6) is -6.24.